The number of hydrogen-bond acceptors (Lipinski definition) is 5. The van der Waals surface area contributed by atoms with E-state index in [0.717, 1.165) is 26.9 Å². The third kappa shape index (κ3) is 5.01. The van der Waals surface area contributed by atoms with Gasteiger partial charge in [-0.3, -0.25) is 4.79 Å². The Morgan fingerprint density at radius 2 is 1.94 bits per heavy atom. The predicted molar refractivity (Wildman–Crippen MR) is 144 cm³/mol. The average molecular weight is 565 g/mol. The van der Waals surface area contributed by atoms with Crippen molar-refractivity contribution in [1.82, 2.24) is 14.8 Å². The zero-order chi connectivity index (χ0) is 25.2. The Bertz CT molecular complexity index is 1470. The van der Waals surface area contributed by atoms with E-state index >= 15 is 0 Å². The number of ether oxygens (including phenoxy) is 1. The molecule has 5 rings (SSSR count). The van der Waals surface area contributed by atoms with Crippen LogP contribution in [-0.2, 0) is 11.4 Å². The molecule has 0 saturated carbocycles. The van der Waals surface area contributed by atoms with Crippen LogP contribution in [0.25, 0.3) is 0 Å². The summed E-state index contributed by atoms with van der Waals surface area (Å²) in [6, 6.07) is 20.4. The SMILES string of the molecule is CC1=C(C(=O)Nc2cccc(C)c2)C(c2cc(Br)ccc2OCc2ccc(Cl)cc2)n2ncnc2N1. The number of benzene rings is 3. The molecule has 0 bridgehead atoms. The third-order valence-electron chi connectivity index (χ3n) is 5.89. The second kappa shape index (κ2) is 10.2. The highest BCUT2D eigenvalue weighted by atomic mass is 79.9. The average Bonchev–Trinajstić information content (AvgIpc) is 3.31. The highest BCUT2D eigenvalue weighted by molar-refractivity contribution is 9.10. The normalized spacial score (nSPS) is 14.7. The molecule has 4 aromatic rings. The fraction of sp³-hybridized carbons (Fsp3) is 0.148. The minimum absolute atomic E-state index is 0.236. The van der Waals surface area contributed by atoms with Crippen LogP contribution in [-0.4, -0.2) is 20.7 Å². The first-order valence-corrected chi connectivity index (χ1v) is 12.5. The molecule has 0 saturated heterocycles. The van der Waals surface area contributed by atoms with E-state index in [1.54, 1.807) is 4.68 Å². The van der Waals surface area contributed by atoms with Crippen LogP contribution in [0.2, 0.25) is 5.02 Å². The van der Waals surface area contributed by atoms with Crippen LogP contribution in [0.5, 0.6) is 5.75 Å². The van der Waals surface area contributed by atoms with Crippen LogP contribution in [0.3, 0.4) is 0 Å². The maximum absolute atomic E-state index is 13.7. The molecule has 9 heteroatoms. The molecule has 0 radical (unpaired) electrons. The summed E-state index contributed by atoms with van der Waals surface area (Å²) in [6.45, 7) is 4.19. The van der Waals surface area contributed by atoms with Gasteiger partial charge in [0.15, 0.2) is 0 Å². The van der Waals surface area contributed by atoms with Crippen LogP contribution >= 0.6 is 27.5 Å². The van der Waals surface area contributed by atoms with Gasteiger partial charge < -0.3 is 15.4 Å². The van der Waals surface area contributed by atoms with Gasteiger partial charge in [0.2, 0.25) is 5.95 Å². The largest absolute Gasteiger partial charge is 0.489 e. The number of halogens is 2. The smallest absolute Gasteiger partial charge is 0.255 e. The van der Waals surface area contributed by atoms with Gasteiger partial charge in [0.05, 0.1) is 5.57 Å². The molecule has 2 heterocycles. The molecular formula is C27H23BrClN5O2. The number of rotatable bonds is 6. The second-order valence-corrected chi connectivity index (χ2v) is 9.87. The number of carbonyl (C=O) groups excluding carboxylic acids is 1. The molecule has 182 valence electrons. The molecule has 0 aliphatic carbocycles. The van der Waals surface area contributed by atoms with E-state index in [-0.39, 0.29) is 5.91 Å². The number of allylic oxidation sites excluding steroid dienone is 1. The maximum Gasteiger partial charge on any atom is 0.255 e. The zero-order valence-electron chi connectivity index (χ0n) is 19.6. The molecule has 1 amide bonds. The third-order valence-corrected chi connectivity index (χ3v) is 6.63. The molecule has 1 aliphatic rings. The molecule has 36 heavy (non-hydrogen) atoms. The Kier molecular flexibility index (Phi) is 6.80. The Morgan fingerprint density at radius 1 is 1.14 bits per heavy atom. The Morgan fingerprint density at radius 3 is 2.72 bits per heavy atom. The summed E-state index contributed by atoms with van der Waals surface area (Å²) < 4.78 is 8.82. The Labute approximate surface area is 222 Å². The lowest BCUT2D eigenvalue weighted by Gasteiger charge is -2.30. The summed E-state index contributed by atoms with van der Waals surface area (Å²) in [6.07, 6.45) is 1.47. The lowest BCUT2D eigenvalue weighted by atomic mass is 9.94. The summed E-state index contributed by atoms with van der Waals surface area (Å²) in [4.78, 5) is 18.0. The van der Waals surface area contributed by atoms with Crippen LogP contribution in [0.15, 0.2) is 88.8 Å². The number of aryl methyl sites for hydroxylation is 1. The van der Waals surface area contributed by atoms with Crippen molar-refractivity contribution in [2.24, 2.45) is 0 Å². The molecule has 3 aromatic carbocycles. The highest BCUT2D eigenvalue weighted by Crippen LogP contribution is 2.40. The topological polar surface area (TPSA) is 81.1 Å². The van der Waals surface area contributed by atoms with Crippen molar-refractivity contribution in [3.8, 4) is 5.75 Å². The van der Waals surface area contributed by atoms with Crippen LogP contribution < -0.4 is 15.4 Å². The van der Waals surface area contributed by atoms with Crippen molar-refractivity contribution < 1.29 is 9.53 Å². The molecule has 1 aromatic heterocycles. The molecular weight excluding hydrogens is 542 g/mol. The Hall–Kier alpha value is -3.62. The highest BCUT2D eigenvalue weighted by Gasteiger charge is 2.35. The molecule has 0 spiro atoms. The maximum atomic E-state index is 13.7. The summed E-state index contributed by atoms with van der Waals surface area (Å²) in [7, 11) is 0. The number of aromatic nitrogens is 3. The van der Waals surface area contributed by atoms with Crippen molar-refractivity contribution in [1.29, 1.82) is 0 Å². The minimum atomic E-state index is -0.564. The standard InChI is InChI=1S/C27H23BrClN5O2/c1-16-4-3-5-21(12-16)33-26(35)24-17(2)32-27-30-15-31-34(27)25(24)22-13-19(28)8-11-23(22)36-14-18-6-9-20(29)10-7-18/h3-13,15,25H,14H2,1-2H3,(H,33,35)(H,30,31,32). The van der Waals surface area contributed by atoms with Gasteiger partial charge >= 0.3 is 0 Å². The van der Waals surface area contributed by atoms with Crippen LogP contribution in [0, 0.1) is 6.92 Å². The van der Waals surface area contributed by atoms with E-state index in [4.69, 9.17) is 16.3 Å². The van der Waals surface area contributed by atoms with E-state index in [1.807, 2.05) is 80.6 Å². The van der Waals surface area contributed by atoms with Crippen molar-refractivity contribution in [2.75, 3.05) is 10.6 Å². The second-order valence-electron chi connectivity index (χ2n) is 8.52. The van der Waals surface area contributed by atoms with Gasteiger partial charge in [0.25, 0.3) is 5.91 Å². The fourth-order valence-electron chi connectivity index (χ4n) is 4.20. The Balaban J connectivity index is 1.54. The predicted octanol–water partition coefficient (Wildman–Crippen LogP) is 6.51. The van der Waals surface area contributed by atoms with Gasteiger partial charge in [-0.2, -0.15) is 10.1 Å². The van der Waals surface area contributed by atoms with Crippen molar-refractivity contribution in [3.63, 3.8) is 0 Å². The monoisotopic (exact) mass is 563 g/mol. The number of nitrogens with zero attached hydrogens (tertiary/aromatic N) is 3. The first-order chi connectivity index (χ1) is 17.4. The van der Waals surface area contributed by atoms with Crippen molar-refractivity contribution in [2.45, 2.75) is 26.5 Å². The summed E-state index contributed by atoms with van der Waals surface area (Å²) in [5.74, 6) is 0.948. The lowest BCUT2D eigenvalue weighted by Crippen LogP contribution is -2.31. The van der Waals surface area contributed by atoms with E-state index in [2.05, 4.69) is 36.6 Å². The number of fused-ring (bicyclic) bond motifs is 1. The van der Waals surface area contributed by atoms with Gasteiger partial charge in [-0.25, -0.2) is 4.68 Å². The molecule has 2 N–H and O–H groups in total. The first-order valence-electron chi connectivity index (χ1n) is 11.3. The number of carbonyl (C=O) groups is 1. The van der Waals surface area contributed by atoms with Crippen LogP contribution in [0.1, 0.15) is 29.7 Å². The van der Waals surface area contributed by atoms with Crippen molar-refractivity contribution >= 4 is 45.1 Å². The van der Waals surface area contributed by atoms with Gasteiger partial charge in [-0.1, -0.05) is 51.8 Å². The van der Waals surface area contributed by atoms with E-state index in [9.17, 15) is 4.79 Å². The van der Waals surface area contributed by atoms with Gasteiger partial charge in [-0.05, 0) is 67.4 Å². The summed E-state index contributed by atoms with van der Waals surface area (Å²) >= 11 is 9.61. The van der Waals surface area contributed by atoms with E-state index < -0.39 is 6.04 Å². The zero-order valence-corrected chi connectivity index (χ0v) is 22.0. The first kappa shape index (κ1) is 24.1. The molecule has 1 aliphatic heterocycles. The molecule has 1 unspecified atom stereocenters. The summed E-state index contributed by atoms with van der Waals surface area (Å²) in [5, 5.41) is 11.4. The number of hydrogen-bond donors (Lipinski definition) is 2. The molecule has 0 fully saturated rings. The fourth-order valence-corrected chi connectivity index (χ4v) is 4.70. The number of nitrogens with one attached hydrogen (secondary N) is 2. The van der Waals surface area contributed by atoms with E-state index in [1.165, 1.54) is 6.33 Å². The molecule has 7 nitrogen and oxygen atoms in total. The van der Waals surface area contributed by atoms with Gasteiger partial charge in [-0.15, -0.1) is 0 Å². The minimum Gasteiger partial charge on any atom is -0.489 e. The van der Waals surface area contributed by atoms with Crippen LogP contribution in [0.4, 0.5) is 11.6 Å². The van der Waals surface area contributed by atoms with E-state index in [0.29, 0.717) is 34.6 Å². The summed E-state index contributed by atoms with van der Waals surface area (Å²) in [5.41, 5.74) is 4.74. The number of amides is 1. The lowest BCUT2D eigenvalue weighted by molar-refractivity contribution is -0.113. The van der Waals surface area contributed by atoms with Crippen molar-refractivity contribution in [3.05, 3.63) is 111 Å². The number of anilines is 2. The van der Waals surface area contributed by atoms with Gasteiger partial charge in [0, 0.05) is 26.4 Å². The molecule has 1 atom stereocenters. The van der Waals surface area contributed by atoms with Gasteiger partial charge in [0.1, 0.15) is 24.7 Å². The quantitative estimate of drug-likeness (QED) is 0.279.